The number of nitrogens with two attached hydrogens (primary N) is 1. The molecule has 0 aliphatic carbocycles. The lowest BCUT2D eigenvalue weighted by atomic mass is 9.89. The van der Waals surface area contributed by atoms with Crippen molar-refractivity contribution < 1.29 is 0 Å². The first-order chi connectivity index (χ1) is 6.53. The summed E-state index contributed by atoms with van der Waals surface area (Å²) in [5.41, 5.74) is 3.81. The first-order valence-electron chi connectivity index (χ1n) is 5.18. The van der Waals surface area contributed by atoms with Crippen molar-refractivity contribution in [3.8, 4) is 0 Å². The monoisotopic (exact) mass is 198 g/mol. The molecule has 0 saturated carbocycles. The molecule has 4 nitrogen and oxygen atoms in total. The van der Waals surface area contributed by atoms with Gasteiger partial charge in [0.05, 0.1) is 0 Å². The molecule has 14 heavy (non-hydrogen) atoms. The number of rotatable bonds is 3. The van der Waals surface area contributed by atoms with Gasteiger partial charge in [0, 0.05) is 23.5 Å². The highest BCUT2D eigenvalue weighted by Gasteiger charge is 2.26. The minimum absolute atomic E-state index is 0.244. The highest BCUT2D eigenvalue weighted by molar-refractivity contribution is 4.96. The average molecular weight is 198 g/mol. The Kier molecular flexibility index (Phi) is 3.77. The van der Waals surface area contributed by atoms with Crippen LogP contribution in [0.15, 0.2) is 11.9 Å². The van der Waals surface area contributed by atoms with Gasteiger partial charge in [-0.3, -0.25) is 5.84 Å². The maximum absolute atomic E-state index is 5.27. The molecule has 5 N–H and O–H groups in total. The molecule has 0 radical (unpaired) electrons. The summed E-state index contributed by atoms with van der Waals surface area (Å²) in [6, 6.07) is 0.551. The molecule has 82 valence electrons. The van der Waals surface area contributed by atoms with Crippen LogP contribution < -0.4 is 21.9 Å². The summed E-state index contributed by atoms with van der Waals surface area (Å²) in [5, 5.41) is 6.87. The van der Waals surface area contributed by atoms with Crippen LogP contribution in [0.25, 0.3) is 0 Å². The van der Waals surface area contributed by atoms with Gasteiger partial charge >= 0.3 is 0 Å². The number of hydrazine groups is 1. The van der Waals surface area contributed by atoms with E-state index in [4.69, 9.17) is 5.84 Å². The third kappa shape index (κ3) is 3.55. The van der Waals surface area contributed by atoms with Crippen molar-refractivity contribution >= 4 is 0 Å². The van der Waals surface area contributed by atoms with Gasteiger partial charge in [0.2, 0.25) is 0 Å². The Hall–Kier alpha value is -0.740. The van der Waals surface area contributed by atoms with E-state index in [1.807, 2.05) is 13.1 Å². The van der Waals surface area contributed by atoms with Crippen molar-refractivity contribution in [3.63, 3.8) is 0 Å². The fourth-order valence-electron chi connectivity index (χ4n) is 1.80. The normalized spacial score (nSPS) is 27.1. The number of hydrogen-bond acceptors (Lipinski definition) is 4. The standard InChI is InChI=1S/C10H22N4/c1-8(14-11)7-12-9-4-5-13-10(2,3)6-9/h7,9,12-14H,4-6,11H2,1-3H3/b8-7-. The predicted molar refractivity (Wildman–Crippen MR) is 59.3 cm³/mol. The van der Waals surface area contributed by atoms with Crippen LogP contribution in [0.4, 0.5) is 0 Å². The Morgan fingerprint density at radius 3 is 2.86 bits per heavy atom. The number of hydrogen-bond donors (Lipinski definition) is 4. The summed E-state index contributed by atoms with van der Waals surface area (Å²) in [7, 11) is 0. The predicted octanol–water partition coefficient (Wildman–Crippen LogP) is 0.431. The van der Waals surface area contributed by atoms with Gasteiger partial charge in [0.15, 0.2) is 0 Å². The van der Waals surface area contributed by atoms with Crippen LogP contribution in [-0.2, 0) is 0 Å². The van der Waals surface area contributed by atoms with Gasteiger partial charge in [-0.1, -0.05) is 0 Å². The van der Waals surface area contributed by atoms with Crippen LogP contribution in [0.2, 0.25) is 0 Å². The molecule has 1 unspecified atom stereocenters. The van der Waals surface area contributed by atoms with E-state index < -0.39 is 0 Å². The van der Waals surface area contributed by atoms with Gasteiger partial charge in [0.1, 0.15) is 0 Å². The lowest BCUT2D eigenvalue weighted by Gasteiger charge is -2.36. The lowest BCUT2D eigenvalue weighted by molar-refractivity contribution is 0.260. The Morgan fingerprint density at radius 1 is 1.57 bits per heavy atom. The minimum atomic E-state index is 0.244. The van der Waals surface area contributed by atoms with E-state index in [9.17, 15) is 0 Å². The molecular formula is C10H22N4. The summed E-state index contributed by atoms with van der Waals surface area (Å²) in [6.07, 6.45) is 4.26. The molecule has 1 atom stereocenters. The number of allylic oxidation sites excluding steroid dienone is 1. The van der Waals surface area contributed by atoms with Crippen LogP contribution in [0, 0.1) is 0 Å². The molecule has 0 aromatic carbocycles. The van der Waals surface area contributed by atoms with Crippen molar-refractivity contribution in [2.45, 2.75) is 45.2 Å². The third-order valence-electron chi connectivity index (χ3n) is 2.62. The van der Waals surface area contributed by atoms with Crippen molar-refractivity contribution in [2.75, 3.05) is 6.54 Å². The van der Waals surface area contributed by atoms with Crippen molar-refractivity contribution in [1.82, 2.24) is 16.1 Å². The van der Waals surface area contributed by atoms with Crippen LogP contribution in [0.5, 0.6) is 0 Å². The molecule has 0 aromatic rings. The van der Waals surface area contributed by atoms with Gasteiger partial charge in [-0.05, 0) is 40.2 Å². The van der Waals surface area contributed by atoms with E-state index in [0.29, 0.717) is 6.04 Å². The van der Waals surface area contributed by atoms with Gasteiger partial charge in [0.25, 0.3) is 0 Å². The fourth-order valence-corrected chi connectivity index (χ4v) is 1.80. The second-order valence-corrected chi connectivity index (χ2v) is 4.64. The number of nitrogens with one attached hydrogen (secondary N) is 3. The maximum Gasteiger partial charge on any atom is 0.0384 e. The van der Waals surface area contributed by atoms with Gasteiger partial charge < -0.3 is 16.1 Å². The number of piperidine rings is 1. The van der Waals surface area contributed by atoms with Crippen LogP contribution in [0.1, 0.15) is 33.6 Å². The highest BCUT2D eigenvalue weighted by atomic mass is 15.2. The lowest BCUT2D eigenvalue weighted by Crippen LogP contribution is -2.51. The summed E-state index contributed by atoms with van der Waals surface area (Å²) < 4.78 is 0. The van der Waals surface area contributed by atoms with Gasteiger partial charge in [-0.15, -0.1) is 0 Å². The molecule has 1 heterocycles. The minimum Gasteiger partial charge on any atom is -0.387 e. The first-order valence-corrected chi connectivity index (χ1v) is 5.18. The second-order valence-electron chi connectivity index (χ2n) is 4.64. The van der Waals surface area contributed by atoms with Crippen molar-refractivity contribution in [1.29, 1.82) is 0 Å². The Morgan fingerprint density at radius 2 is 2.29 bits per heavy atom. The molecule has 0 aromatic heterocycles. The van der Waals surface area contributed by atoms with E-state index >= 15 is 0 Å². The van der Waals surface area contributed by atoms with Crippen LogP contribution >= 0.6 is 0 Å². The van der Waals surface area contributed by atoms with Crippen molar-refractivity contribution in [2.24, 2.45) is 5.84 Å². The molecule has 4 heteroatoms. The zero-order valence-electron chi connectivity index (χ0n) is 9.35. The summed E-state index contributed by atoms with van der Waals surface area (Å²) in [5.74, 6) is 5.27. The van der Waals surface area contributed by atoms with Crippen molar-refractivity contribution in [3.05, 3.63) is 11.9 Å². The molecular weight excluding hydrogens is 176 g/mol. The van der Waals surface area contributed by atoms with Crippen LogP contribution in [0.3, 0.4) is 0 Å². The smallest absolute Gasteiger partial charge is 0.0384 e. The largest absolute Gasteiger partial charge is 0.387 e. The molecule has 1 aliphatic heterocycles. The van der Waals surface area contributed by atoms with E-state index in [2.05, 4.69) is 29.9 Å². The van der Waals surface area contributed by atoms with Gasteiger partial charge in [-0.25, -0.2) is 0 Å². The Bertz CT molecular complexity index is 210. The molecule has 0 spiro atoms. The third-order valence-corrected chi connectivity index (χ3v) is 2.62. The Labute approximate surface area is 86.3 Å². The highest BCUT2D eigenvalue weighted by Crippen LogP contribution is 2.18. The zero-order valence-corrected chi connectivity index (χ0v) is 9.35. The topological polar surface area (TPSA) is 62.1 Å². The van der Waals surface area contributed by atoms with Crippen LogP contribution in [-0.4, -0.2) is 18.1 Å². The fraction of sp³-hybridized carbons (Fsp3) is 0.800. The average Bonchev–Trinajstić information content (AvgIpc) is 2.12. The molecule has 0 amide bonds. The summed E-state index contributed by atoms with van der Waals surface area (Å²) in [6.45, 7) is 7.49. The Balaban J connectivity index is 2.38. The summed E-state index contributed by atoms with van der Waals surface area (Å²) in [4.78, 5) is 0. The summed E-state index contributed by atoms with van der Waals surface area (Å²) >= 11 is 0. The quantitative estimate of drug-likeness (QED) is 0.392. The SMILES string of the molecule is C/C(=C/NC1CCNC(C)(C)C1)NN. The van der Waals surface area contributed by atoms with Gasteiger partial charge in [-0.2, -0.15) is 0 Å². The molecule has 1 aliphatic rings. The zero-order chi connectivity index (χ0) is 10.6. The maximum atomic E-state index is 5.27. The molecule has 1 saturated heterocycles. The van der Waals surface area contributed by atoms with E-state index in [1.165, 1.54) is 0 Å². The first kappa shape index (κ1) is 11.3. The van der Waals surface area contributed by atoms with E-state index in [1.54, 1.807) is 0 Å². The second kappa shape index (κ2) is 4.66. The molecule has 1 rings (SSSR count). The molecule has 1 fully saturated rings. The molecule has 0 bridgehead atoms. The van der Waals surface area contributed by atoms with E-state index in [-0.39, 0.29) is 5.54 Å². The van der Waals surface area contributed by atoms with E-state index in [0.717, 1.165) is 25.1 Å².